The predicted molar refractivity (Wildman–Crippen MR) is 87.5 cm³/mol. The van der Waals surface area contributed by atoms with Gasteiger partial charge in [0.15, 0.2) is 0 Å². The molecular weight excluding hydrogens is 276 g/mol. The zero-order chi connectivity index (χ0) is 15.9. The van der Waals surface area contributed by atoms with Gasteiger partial charge in [0, 0.05) is 32.5 Å². The third kappa shape index (κ3) is 4.58. The number of nitrogens with zero attached hydrogens (tertiary/aromatic N) is 1. The van der Waals surface area contributed by atoms with Crippen molar-refractivity contribution in [2.24, 2.45) is 5.92 Å². The van der Waals surface area contributed by atoms with Gasteiger partial charge in [-0.05, 0) is 30.7 Å². The van der Waals surface area contributed by atoms with Gasteiger partial charge in [-0.3, -0.25) is 9.59 Å². The Morgan fingerprint density at radius 1 is 1.23 bits per heavy atom. The van der Waals surface area contributed by atoms with Crippen LogP contribution >= 0.6 is 0 Å². The van der Waals surface area contributed by atoms with Crippen molar-refractivity contribution in [3.8, 4) is 0 Å². The van der Waals surface area contributed by atoms with E-state index in [1.165, 1.54) is 5.56 Å². The molecule has 120 valence electrons. The van der Waals surface area contributed by atoms with E-state index in [2.05, 4.69) is 24.4 Å². The number of rotatable bonds is 5. The van der Waals surface area contributed by atoms with Crippen molar-refractivity contribution in [1.82, 2.24) is 10.2 Å². The molecule has 4 heteroatoms. The molecule has 1 unspecified atom stereocenters. The minimum absolute atomic E-state index is 0.0580. The van der Waals surface area contributed by atoms with Crippen LogP contribution < -0.4 is 5.32 Å². The molecule has 1 fully saturated rings. The van der Waals surface area contributed by atoms with Crippen LogP contribution in [0.15, 0.2) is 30.3 Å². The molecule has 2 amide bonds. The molecule has 1 heterocycles. The fourth-order valence-corrected chi connectivity index (χ4v) is 2.96. The van der Waals surface area contributed by atoms with Crippen molar-refractivity contribution in [2.75, 3.05) is 19.6 Å². The minimum atomic E-state index is 0.0580. The van der Waals surface area contributed by atoms with Gasteiger partial charge in [0.25, 0.3) is 0 Å². The maximum atomic E-state index is 12.2. The van der Waals surface area contributed by atoms with Crippen LogP contribution in [-0.2, 0) is 9.59 Å². The van der Waals surface area contributed by atoms with Gasteiger partial charge in [0.1, 0.15) is 0 Å². The Balaban J connectivity index is 1.69. The number of nitrogens with one attached hydrogen (secondary N) is 1. The molecule has 1 aliphatic rings. The van der Waals surface area contributed by atoms with Gasteiger partial charge in [-0.2, -0.15) is 0 Å². The first kappa shape index (κ1) is 16.5. The van der Waals surface area contributed by atoms with E-state index in [4.69, 9.17) is 0 Å². The van der Waals surface area contributed by atoms with Gasteiger partial charge in [-0.25, -0.2) is 0 Å². The summed E-state index contributed by atoms with van der Waals surface area (Å²) in [4.78, 5) is 25.3. The van der Waals surface area contributed by atoms with Crippen LogP contribution in [0.5, 0.6) is 0 Å². The number of hydrogen-bond donors (Lipinski definition) is 1. The van der Waals surface area contributed by atoms with Crippen molar-refractivity contribution in [1.29, 1.82) is 0 Å². The fourth-order valence-electron chi connectivity index (χ4n) is 2.96. The summed E-state index contributed by atoms with van der Waals surface area (Å²) >= 11 is 0. The summed E-state index contributed by atoms with van der Waals surface area (Å²) in [7, 11) is 0. The molecule has 0 bridgehead atoms. The van der Waals surface area contributed by atoms with E-state index in [1.807, 2.05) is 23.1 Å². The van der Waals surface area contributed by atoms with Crippen LogP contribution in [0.2, 0.25) is 0 Å². The summed E-state index contributed by atoms with van der Waals surface area (Å²) in [6.07, 6.45) is 2.50. The summed E-state index contributed by atoms with van der Waals surface area (Å²) in [5, 5.41) is 3.05. The number of likely N-dealkylation sites (tertiary alicyclic amines) is 1. The lowest BCUT2D eigenvalue weighted by Gasteiger charge is -2.30. The highest BCUT2D eigenvalue weighted by atomic mass is 16.2. The molecule has 0 aromatic heterocycles. The summed E-state index contributed by atoms with van der Waals surface area (Å²) in [6, 6.07) is 10.4. The van der Waals surface area contributed by atoms with E-state index in [9.17, 15) is 9.59 Å². The van der Waals surface area contributed by atoms with Crippen molar-refractivity contribution < 1.29 is 9.59 Å². The second-order valence-electron chi connectivity index (χ2n) is 6.17. The molecule has 0 radical (unpaired) electrons. The molecule has 2 rings (SSSR count). The molecule has 0 saturated carbocycles. The maximum absolute atomic E-state index is 12.2. The lowest BCUT2D eigenvalue weighted by atomic mass is 9.95. The molecular formula is C18H26N2O2. The number of carbonyl (C=O) groups is 2. The first-order valence-corrected chi connectivity index (χ1v) is 8.16. The molecule has 22 heavy (non-hydrogen) atoms. The van der Waals surface area contributed by atoms with Crippen LogP contribution in [0, 0.1) is 5.92 Å². The molecule has 1 aromatic rings. The number of piperidine rings is 1. The average Bonchev–Trinajstić information content (AvgIpc) is 2.55. The second-order valence-corrected chi connectivity index (χ2v) is 6.17. The molecule has 1 saturated heterocycles. The van der Waals surface area contributed by atoms with E-state index in [0.29, 0.717) is 25.6 Å². The SMILES string of the molecule is CC(=O)N1CCC(C(=O)NCCC(C)c2ccccc2)CC1. The molecule has 1 N–H and O–H groups in total. The highest BCUT2D eigenvalue weighted by Crippen LogP contribution is 2.19. The summed E-state index contributed by atoms with van der Waals surface area (Å²) in [6.45, 7) is 5.89. The Bertz CT molecular complexity index is 493. The van der Waals surface area contributed by atoms with Gasteiger partial charge in [0.2, 0.25) is 11.8 Å². The lowest BCUT2D eigenvalue weighted by Crippen LogP contribution is -2.42. The van der Waals surface area contributed by atoms with E-state index < -0.39 is 0 Å². The third-order valence-corrected chi connectivity index (χ3v) is 4.56. The minimum Gasteiger partial charge on any atom is -0.356 e. The average molecular weight is 302 g/mol. The lowest BCUT2D eigenvalue weighted by molar-refractivity contribution is -0.133. The van der Waals surface area contributed by atoms with Gasteiger partial charge >= 0.3 is 0 Å². The molecule has 1 aliphatic heterocycles. The standard InChI is InChI=1S/C18H26N2O2/c1-14(16-6-4-3-5-7-16)8-11-19-18(22)17-9-12-20(13-10-17)15(2)21/h3-7,14,17H,8-13H2,1-2H3,(H,19,22). The second kappa shape index (κ2) is 7.97. The van der Waals surface area contributed by atoms with Crippen molar-refractivity contribution in [3.05, 3.63) is 35.9 Å². The summed E-state index contributed by atoms with van der Waals surface area (Å²) < 4.78 is 0. The summed E-state index contributed by atoms with van der Waals surface area (Å²) in [5.74, 6) is 0.752. The Hall–Kier alpha value is -1.84. The molecule has 1 aromatic carbocycles. The van der Waals surface area contributed by atoms with Crippen LogP contribution in [0.25, 0.3) is 0 Å². The maximum Gasteiger partial charge on any atom is 0.223 e. The van der Waals surface area contributed by atoms with Gasteiger partial charge < -0.3 is 10.2 Å². The first-order valence-electron chi connectivity index (χ1n) is 8.16. The Morgan fingerprint density at radius 2 is 1.86 bits per heavy atom. The molecule has 0 spiro atoms. The Morgan fingerprint density at radius 3 is 2.45 bits per heavy atom. The van der Waals surface area contributed by atoms with Crippen molar-refractivity contribution in [3.63, 3.8) is 0 Å². The largest absolute Gasteiger partial charge is 0.356 e. The highest BCUT2D eigenvalue weighted by molar-refractivity contribution is 5.79. The third-order valence-electron chi connectivity index (χ3n) is 4.56. The van der Waals surface area contributed by atoms with E-state index in [-0.39, 0.29) is 17.7 Å². The van der Waals surface area contributed by atoms with Crippen molar-refractivity contribution >= 4 is 11.8 Å². The number of hydrogen-bond acceptors (Lipinski definition) is 2. The number of carbonyl (C=O) groups excluding carboxylic acids is 2. The zero-order valence-corrected chi connectivity index (χ0v) is 13.5. The van der Waals surface area contributed by atoms with Gasteiger partial charge in [-0.1, -0.05) is 37.3 Å². The quantitative estimate of drug-likeness (QED) is 0.909. The number of amides is 2. The monoisotopic (exact) mass is 302 g/mol. The Kier molecular flexibility index (Phi) is 5.99. The fraction of sp³-hybridized carbons (Fsp3) is 0.556. The van der Waals surface area contributed by atoms with Crippen LogP contribution in [-0.4, -0.2) is 36.3 Å². The smallest absolute Gasteiger partial charge is 0.223 e. The highest BCUT2D eigenvalue weighted by Gasteiger charge is 2.25. The zero-order valence-electron chi connectivity index (χ0n) is 13.5. The Labute approximate surface area is 132 Å². The molecule has 4 nitrogen and oxygen atoms in total. The van der Waals surface area contributed by atoms with Crippen LogP contribution in [0.4, 0.5) is 0 Å². The number of benzene rings is 1. The van der Waals surface area contributed by atoms with E-state index in [0.717, 1.165) is 19.3 Å². The summed E-state index contributed by atoms with van der Waals surface area (Å²) in [5.41, 5.74) is 1.31. The van der Waals surface area contributed by atoms with Crippen LogP contribution in [0.1, 0.15) is 44.6 Å². The van der Waals surface area contributed by atoms with E-state index >= 15 is 0 Å². The topological polar surface area (TPSA) is 49.4 Å². The first-order chi connectivity index (χ1) is 10.6. The van der Waals surface area contributed by atoms with E-state index in [1.54, 1.807) is 6.92 Å². The molecule has 1 atom stereocenters. The van der Waals surface area contributed by atoms with Crippen molar-refractivity contribution in [2.45, 2.75) is 39.0 Å². The normalized spacial score (nSPS) is 17.1. The van der Waals surface area contributed by atoms with Gasteiger partial charge in [0.05, 0.1) is 0 Å². The van der Waals surface area contributed by atoms with Gasteiger partial charge in [-0.15, -0.1) is 0 Å². The predicted octanol–water partition coefficient (Wildman–Crippen LogP) is 2.55. The molecule has 0 aliphatic carbocycles. The van der Waals surface area contributed by atoms with Crippen LogP contribution in [0.3, 0.4) is 0 Å².